The Kier molecular flexibility index (Phi) is 4.42. The first-order valence-electron chi connectivity index (χ1n) is 7.73. The molecule has 1 atom stereocenters. The van der Waals surface area contributed by atoms with Crippen LogP contribution < -0.4 is 5.32 Å². The summed E-state index contributed by atoms with van der Waals surface area (Å²) in [6.45, 7) is 0. The third-order valence-electron chi connectivity index (χ3n) is 4.11. The van der Waals surface area contributed by atoms with Gasteiger partial charge in [0.1, 0.15) is 0 Å². The average molecular weight is 309 g/mol. The minimum absolute atomic E-state index is 0.0454. The van der Waals surface area contributed by atoms with Crippen molar-refractivity contribution in [2.24, 2.45) is 5.92 Å². The first-order valence-corrected chi connectivity index (χ1v) is 7.73. The van der Waals surface area contributed by atoms with Gasteiger partial charge in [0.05, 0.1) is 18.7 Å². The second kappa shape index (κ2) is 6.65. The number of carbonyl (C=O) groups excluding carboxylic acids is 2. The summed E-state index contributed by atoms with van der Waals surface area (Å²) in [6.07, 6.45) is 2.28. The van der Waals surface area contributed by atoms with Gasteiger partial charge in [-0.15, -0.1) is 0 Å². The fourth-order valence-electron chi connectivity index (χ4n) is 2.66. The van der Waals surface area contributed by atoms with E-state index in [1.807, 2.05) is 30.3 Å². The lowest BCUT2D eigenvalue weighted by atomic mass is 10.0. The molecule has 1 amide bonds. The van der Waals surface area contributed by atoms with Gasteiger partial charge in [0.15, 0.2) is 0 Å². The van der Waals surface area contributed by atoms with Crippen LogP contribution in [0.15, 0.2) is 54.6 Å². The lowest BCUT2D eigenvalue weighted by Gasteiger charge is -2.19. The number of benzene rings is 2. The molecule has 1 fully saturated rings. The molecule has 1 saturated carbocycles. The topological polar surface area (TPSA) is 55.4 Å². The zero-order chi connectivity index (χ0) is 16.2. The van der Waals surface area contributed by atoms with E-state index in [1.165, 1.54) is 7.11 Å². The van der Waals surface area contributed by atoms with Crippen molar-refractivity contribution < 1.29 is 14.3 Å². The van der Waals surface area contributed by atoms with Crippen molar-refractivity contribution in [3.8, 4) is 0 Å². The molecule has 1 aliphatic rings. The zero-order valence-electron chi connectivity index (χ0n) is 13.0. The van der Waals surface area contributed by atoms with E-state index in [-0.39, 0.29) is 11.9 Å². The Balaban J connectivity index is 1.73. The Hall–Kier alpha value is -2.62. The predicted octanol–water partition coefficient (Wildman–Crippen LogP) is 3.35. The van der Waals surface area contributed by atoms with Crippen LogP contribution in [0.3, 0.4) is 0 Å². The molecular weight excluding hydrogens is 290 g/mol. The minimum Gasteiger partial charge on any atom is -0.465 e. The molecule has 0 unspecified atom stereocenters. The highest BCUT2D eigenvalue weighted by molar-refractivity contribution is 5.96. The molecule has 0 radical (unpaired) electrons. The van der Waals surface area contributed by atoms with E-state index in [0.29, 0.717) is 17.0 Å². The summed E-state index contributed by atoms with van der Waals surface area (Å²) in [5.74, 6) is -0.0186. The van der Waals surface area contributed by atoms with Gasteiger partial charge in [0, 0.05) is 5.56 Å². The number of rotatable bonds is 5. The van der Waals surface area contributed by atoms with Crippen molar-refractivity contribution in [1.82, 2.24) is 5.32 Å². The number of ether oxygens (including phenoxy) is 1. The summed E-state index contributed by atoms with van der Waals surface area (Å²) in [5.41, 5.74) is 2.11. The summed E-state index contributed by atoms with van der Waals surface area (Å²) < 4.78 is 4.66. The van der Waals surface area contributed by atoms with Crippen LogP contribution in [0.1, 0.15) is 45.2 Å². The SMILES string of the molecule is COC(=O)c1ccc(C(=O)N[C@H](c2ccccc2)C2CC2)cc1. The number of esters is 1. The molecule has 1 N–H and O–H groups in total. The van der Waals surface area contributed by atoms with Crippen LogP contribution in [0.2, 0.25) is 0 Å². The van der Waals surface area contributed by atoms with Gasteiger partial charge < -0.3 is 10.1 Å². The fraction of sp³-hybridized carbons (Fsp3) is 0.263. The molecule has 3 rings (SSSR count). The van der Waals surface area contributed by atoms with Gasteiger partial charge in [-0.3, -0.25) is 4.79 Å². The van der Waals surface area contributed by atoms with Gasteiger partial charge in [-0.2, -0.15) is 0 Å². The molecular formula is C19H19NO3. The summed E-state index contributed by atoms with van der Waals surface area (Å²) >= 11 is 0. The van der Waals surface area contributed by atoms with Crippen molar-refractivity contribution in [1.29, 1.82) is 0 Å². The van der Waals surface area contributed by atoms with Crippen molar-refractivity contribution >= 4 is 11.9 Å². The number of hydrogen-bond donors (Lipinski definition) is 1. The summed E-state index contributed by atoms with van der Waals surface area (Å²) in [5, 5.41) is 3.12. The van der Waals surface area contributed by atoms with Crippen LogP contribution in [-0.4, -0.2) is 19.0 Å². The van der Waals surface area contributed by atoms with E-state index in [9.17, 15) is 9.59 Å². The predicted molar refractivity (Wildman–Crippen MR) is 87.2 cm³/mol. The summed E-state index contributed by atoms with van der Waals surface area (Å²) in [6, 6.07) is 16.6. The summed E-state index contributed by atoms with van der Waals surface area (Å²) in [7, 11) is 1.34. The Morgan fingerprint density at radius 3 is 2.17 bits per heavy atom. The highest BCUT2D eigenvalue weighted by Gasteiger charge is 2.33. The van der Waals surface area contributed by atoms with E-state index in [2.05, 4.69) is 10.1 Å². The van der Waals surface area contributed by atoms with E-state index in [4.69, 9.17) is 0 Å². The third kappa shape index (κ3) is 3.59. The second-order valence-electron chi connectivity index (χ2n) is 5.77. The van der Waals surface area contributed by atoms with E-state index in [0.717, 1.165) is 18.4 Å². The monoisotopic (exact) mass is 309 g/mol. The third-order valence-corrected chi connectivity index (χ3v) is 4.11. The van der Waals surface area contributed by atoms with Gasteiger partial charge in [-0.25, -0.2) is 4.79 Å². The smallest absolute Gasteiger partial charge is 0.337 e. The molecule has 1 aliphatic carbocycles. The zero-order valence-corrected chi connectivity index (χ0v) is 13.0. The largest absolute Gasteiger partial charge is 0.465 e. The van der Waals surface area contributed by atoms with Crippen LogP contribution in [0, 0.1) is 5.92 Å². The molecule has 0 bridgehead atoms. The van der Waals surface area contributed by atoms with Crippen LogP contribution in [0.25, 0.3) is 0 Å². The first-order chi connectivity index (χ1) is 11.2. The Labute approximate surface area is 135 Å². The molecule has 4 nitrogen and oxygen atoms in total. The maximum Gasteiger partial charge on any atom is 0.337 e. The number of nitrogens with one attached hydrogen (secondary N) is 1. The van der Waals surface area contributed by atoms with Crippen LogP contribution >= 0.6 is 0 Å². The van der Waals surface area contributed by atoms with E-state index >= 15 is 0 Å². The standard InChI is InChI=1S/C19H19NO3/c1-23-19(22)16-11-9-15(10-12-16)18(21)20-17(14-7-8-14)13-5-3-2-4-6-13/h2-6,9-12,14,17H,7-8H2,1H3,(H,20,21)/t17-/m1/s1. The molecule has 0 saturated heterocycles. The Bertz CT molecular complexity index is 690. The number of methoxy groups -OCH3 is 1. The highest BCUT2D eigenvalue weighted by Crippen LogP contribution is 2.41. The molecule has 2 aromatic carbocycles. The van der Waals surface area contributed by atoms with Crippen molar-refractivity contribution in [3.63, 3.8) is 0 Å². The first kappa shape index (κ1) is 15.3. The van der Waals surface area contributed by atoms with Crippen LogP contribution in [0.4, 0.5) is 0 Å². The van der Waals surface area contributed by atoms with Crippen molar-refractivity contribution in [2.75, 3.05) is 7.11 Å². The average Bonchev–Trinajstić information content (AvgIpc) is 3.44. The molecule has 2 aromatic rings. The van der Waals surface area contributed by atoms with Crippen molar-refractivity contribution in [2.45, 2.75) is 18.9 Å². The molecule has 0 spiro atoms. The minimum atomic E-state index is -0.405. The Morgan fingerprint density at radius 2 is 1.61 bits per heavy atom. The van der Waals surface area contributed by atoms with E-state index < -0.39 is 5.97 Å². The molecule has 0 aliphatic heterocycles. The van der Waals surface area contributed by atoms with Gasteiger partial charge in [0.25, 0.3) is 5.91 Å². The number of amides is 1. The van der Waals surface area contributed by atoms with Gasteiger partial charge in [-0.1, -0.05) is 30.3 Å². The molecule has 23 heavy (non-hydrogen) atoms. The van der Waals surface area contributed by atoms with Crippen LogP contribution in [0.5, 0.6) is 0 Å². The van der Waals surface area contributed by atoms with Crippen molar-refractivity contribution in [3.05, 3.63) is 71.3 Å². The van der Waals surface area contributed by atoms with Gasteiger partial charge >= 0.3 is 5.97 Å². The maximum atomic E-state index is 12.5. The lowest BCUT2D eigenvalue weighted by molar-refractivity contribution is 0.0600. The molecule has 118 valence electrons. The van der Waals surface area contributed by atoms with Gasteiger partial charge in [0.2, 0.25) is 0 Å². The van der Waals surface area contributed by atoms with E-state index in [1.54, 1.807) is 24.3 Å². The fourth-order valence-corrected chi connectivity index (χ4v) is 2.66. The Morgan fingerprint density at radius 1 is 1.00 bits per heavy atom. The quantitative estimate of drug-likeness (QED) is 0.862. The van der Waals surface area contributed by atoms with Crippen LogP contribution in [-0.2, 0) is 4.74 Å². The highest BCUT2D eigenvalue weighted by atomic mass is 16.5. The normalized spacial score (nSPS) is 14.8. The maximum absolute atomic E-state index is 12.5. The lowest BCUT2D eigenvalue weighted by Crippen LogP contribution is -2.29. The number of hydrogen-bond acceptors (Lipinski definition) is 3. The molecule has 4 heteroatoms. The summed E-state index contributed by atoms with van der Waals surface area (Å²) in [4.78, 5) is 23.9. The second-order valence-corrected chi connectivity index (χ2v) is 5.77. The van der Waals surface area contributed by atoms with Gasteiger partial charge in [-0.05, 0) is 48.6 Å². The molecule has 0 aromatic heterocycles. The number of carbonyl (C=O) groups is 2. The molecule has 0 heterocycles.